The predicted molar refractivity (Wildman–Crippen MR) is 69.6 cm³/mol. The van der Waals surface area contributed by atoms with Crippen molar-refractivity contribution >= 4 is 22.9 Å². The molecule has 5 heteroatoms. The zero-order chi connectivity index (χ0) is 12.1. The van der Waals surface area contributed by atoms with Crippen molar-refractivity contribution in [1.82, 2.24) is 5.32 Å². The minimum Gasteiger partial charge on any atom is -0.467 e. The van der Waals surface area contributed by atoms with E-state index in [1.807, 2.05) is 24.3 Å². The van der Waals surface area contributed by atoms with Gasteiger partial charge in [0, 0.05) is 11.5 Å². The Morgan fingerprint density at radius 2 is 2.29 bits per heavy atom. The van der Waals surface area contributed by atoms with E-state index in [0.29, 0.717) is 0 Å². The first kappa shape index (κ1) is 12.6. The number of aliphatic hydroxyl groups is 1. The summed E-state index contributed by atoms with van der Waals surface area (Å²) in [6, 6.07) is 7.68. The first-order valence-corrected chi connectivity index (χ1v) is 6.63. The van der Waals surface area contributed by atoms with E-state index < -0.39 is 0 Å². The van der Waals surface area contributed by atoms with Gasteiger partial charge in [-0.25, -0.2) is 0 Å². The van der Waals surface area contributed by atoms with Gasteiger partial charge >= 0.3 is 0 Å². The Kier molecular flexibility index (Phi) is 4.62. The highest BCUT2D eigenvalue weighted by Gasteiger charge is 2.17. The molecule has 2 heterocycles. The van der Waals surface area contributed by atoms with E-state index in [-0.39, 0.29) is 12.6 Å². The molecule has 2 N–H and O–H groups in total. The van der Waals surface area contributed by atoms with Crippen LogP contribution < -0.4 is 5.32 Å². The van der Waals surface area contributed by atoms with Crippen LogP contribution in [0.5, 0.6) is 0 Å². The molecule has 0 saturated carbocycles. The molecule has 0 aromatic carbocycles. The molecule has 1 atom stereocenters. The van der Waals surface area contributed by atoms with Gasteiger partial charge in [-0.1, -0.05) is 11.6 Å². The third-order valence-corrected chi connectivity index (χ3v) is 3.69. The second-order valence-corrected chi connectivity index (χ2v) is 5.37. The van der Waals surface area contributed by atoms with E-state index in [4.69, 9.17) is 21.1 Å². The Morgan fingerprint density at radius 1 is 1.41 bits per heavy atom. The first-order chi connectivity index (χ1) is 8.31. The third kappa shape index (κ3) is 3.33. The normalized spacial score (nSPS) is 12.8. The highest BCUT2D eigenvalue weighted by molar-refractivity contribution is 7.16. The number of thiophene rings is 1. The van der Waals surface area contributed by atoms with Crippen LogP contribution in [0.15, 0.2) is 34.9 Å². The summed E-state index contributed by atoms with van der Waals surface area (Å²) in [6.07, 6.45) is 2.38. The maximum atomic E-state index is 8.80. The lowest BCUT2D eigenvalue weighted by atomic mass is 10.2. The lowest BCUT2D eigenvalue weighted by Gasteiger charge is -2.14. The fourth-order valence-corrected chi connectivity index (χ4v) is 2.75. The van der Waals surface area contributed by atoms with E-state index in [9.17, 15) is 0 Å². The van der Waals surface area contributed by atoms with Crippen LogP contribution in [-0.4, -0.2) is 18.3 Å². The van der Waals surface area contributed by atoms with E-state index in [1.165, 1.54) is 11.3 Å². The smallest absolute Gasteiger partial charge is 0.126 e. The topological polar surface area (TPSA) is 45.4 Å². The zero-order valence-electron chi connectivity index (χ0n) is 9.23. The van der Waals surface area contributed by atoms with E-state index in [0.717, 1.165) is 27.9 Å². The van der Waals surface area contributed by atoms with Gasteiger partial charge < -0.3 is 14.8 Å². The number of nitrogens with one attached hydrogen (secondary N) is 1. The van der Waals surface area contributed by atoms with Crippen LogP contribution in [0.1, 0.15) is 23.1 Å². The van der Waals surface area contributed by atoms with Gasteiger partial charge in [0.2, 0.25) is 0 Å². The van der Waals surface area contributed by atoms with Gasteiger partial charge in [-0.3, -0.25) is 0 Å². The number of halogens is 1. The van der Waals surface area contributed by atoms with Crippen molar-refractivity contribution in [2.45, 2.75) is 12.5 Å². The summed E-state index contributed by atoms with van der Waals surface area (Å²) in [5.41, 5.74) is 0. The summed E-state index contributed by atoms with van der Waals surface area (Å²) in [5.74, 6) is 0.862. The molecule has 0 bridgehead atoms. The quantitative estimate of drug-likeness (QED) is 0.794. The minimum atomic E-state index is 0.00838. The van der Waals surface area contributed by atoms with Crippen LogP contribution in [-0.2, 0) is 0 Å². The third-order valence-electron chi connectivity index (χ3n) is 2.39. The standard InChI is InChI=1S/C12H14ClNO2S/c13-11-5-4-10(17-11)12(14-6-2-7-15)9-3-1-8-16-9/h1,3-5,8,12,14-15H,2,6-7H2. The van der Waals surface area contributed by atoms with Crippen molar-refractivity contribution in [2.24, 2.45) is 0 Å². The molecule has 92 valence electrons. The van der Waals surface area contributed by atoms with Crippen LogP contribution in [0, 0.1) is 0 Å². The van der Waals surface area contributed by atoms with Gasteiger partial charge in [-0.15, -0.1) is 11.3 Å². The number of rotatable bonds is 6. The molecular weight excluding hydrogens is 258 g/mol. The minimum absolute atomic E-state index is 0.00838. The van der Waals surface area contributed by atoms with Crippen LogP contribution in [0.25, 0.3) is 0 Å². The number of aliphatic hydroxyl groups excluding tert-OH is 1. The van der Waals surface area contributed by atoms with Crippen LogP contribution in [0.4, 0.5) is 0 Å². The van der Waals surface area contributed by atoms with Crippen LogP contribution in [0.2, 0.25) is 4.34 Å². The predicted octanol–water partition coefficient (Wildman–Crippen LogP) is 3.06. The van der Waals surface area contributed by atoms with Crippen molar-refractivity contribution in [1.29, 1.82) is 0 Å². The fraction of sp³-hybridized carbons (Fsp3) is 0.333. The van der Waals surface area contributed by atoms with Crippen LogP contribution >= 0.6 is 22.9 Å². The molecule has 0 saturated heterocycles. The van der Waals surface area contributed by atoms with Crippen molar-refractivity contribution in [3.8, 4) is 0 Å². The highest BCUT2D eigenvalue weighted by Crippen LogP contribution is 2.31. The summed E-state index contributed by atoms with van der Waals surface area (Å²) < 4.78 is 6.19. The van der Waals surface area contributed by atoms with E-state index >= 15 is 0 Å². The number of furan rings is 1. The SMILES string of the molecule is OCCCNC(c1ccco1)c1ccc(Cl)s1. The summed E-state index contributed by atoms with van der Waals surface area (Å²) in [7, 11) is 0. The van der Waals surface area contributed by atoms with Crippen molar-refractivity contribution in [3.05, 3.63) is 45.5 Å². The average Bonchev–Trinajstić information content (AvgIpc) is 2.96. The molecule has 0 aliphatic rings. The molecule has 3 nitrogen and oxygen atoms in total. The highest BCUT2D eigenvalue weighted by atomic mass is 35.5. The van der Waals surface area contributed by atoms with Crippen LogP contribution in [0.3, 0.4) is 0 Å². The van der Waals surface area contributed by atoms with Gasteiger partial charge in [-0.2, -0.15) is 0 Å². The molecule has 0 amide bonds. The van der Waals surface area contributed by atoms with Gasteiger partial charge in [-0.05, 0) is 37.2 Å². The zero-order valence-corrected chi connectivity index (χ0v) is 10.8. The molecule has 0 aliphatic carbocycles. The Hall–Kier alpha value is -0.810. The van der Waals surface area contributed by atoms with Crippen molar-refractivity contribution in [2.75, 3.05) is 13.2 Å². The molecular formula is C12H14ClNO2S. The molecule has 0 aliphatic heterocycles. The lowest BCUT2D eigenvalue weighted by Crippen LogP contribution is -2.23. The lowest BCUT2D eigenvalue weighted by molar-refractivity contribution is 0.283. The second kappa shape index (κ2) is 6.21. The van der Waals surface area contributed by atoms with Crippen molar-refractivity contribution < 1.29 is 9.52 Å². The summed E-state index contributed by atoms with van der Waals surface area (Å²) in [5, 5.41) is 12.2. The average molecular weight is 272 g/mol. The monoisotopic (exact) mass is 271 g/mol. The molecule has 1 unspecified atom stereocenters. The van der Waals surface area contributed by atoms with Gasteiger partial charge in [0.25, 0.3) is 0 Å². The fourth-order valence-electron chi connectivity index (χ4n) is 1.61. The van der Waals surface area contributed by atoms with Gasteiger partial charge in [0.05, 0.1) is 10.6 Å². The number of hydrogen-bond acceptors (Lipinski definition) is 4. The Balaban J connectivity index is 2.13. The van der Waals surface area contributed by atoms with Crippen molar-refractivity contribution in [3.63, 3.8) is 0 Å². The second-order valence-electron chi connectivity index (χ2n) is 3.62. The Bertz CT molecular complexity index is 441. The Morgan fingerprint density at radius 3 is 2.88 bits per heavy atom. The summed E-state index contributed by atoms with van der Waals surface area (Å²) in [6.45, 7) is 0.917. The maximum absolute atomic E-state index is 8.80. The van der Waals surface area contributed by atoms with E-state index in [2.05, 4.69) is 5.32 Å². The van der Waals surface area contributed by atoms with Gasteiger partial charge in [0.1, 0.15) is 11.8 Å². The molecule has 0 fully saturated rings. The molecule has 2 aromatic heterocycles. The maximum Gasteiger partial charge on any atom is 0.126 e. The van der Waals surface area contributed by atoms with Gasteiger partial charge in [0.15, 0.2) is 0 Å². The molecule has 0 radical (unpaired) electrons. The number of hydrogen-bond donors (Lipinski definition) is 2. The summed E-state index contributed by atoms with van der Waals surface area (Å²) >= 11 is 7.48. The molecule has 0 spiro atoms. The first-order valence-electron chi connectivity index (χ1n) is 5.44. The molecule has 17 heavy (non-hydrogen) atoms. The Labute approximate surface area is 109 Å². The largest absolute Gasteiger partial charge is 0.467 e. The molecule has 2 aromatic rings. The summed E-state index contributed by atoms with van der Waals surface area (Å²) in [4.78, 5) is 1.11. The molecule has 2 rings (SSSR count). The van der Waals surface area contributed by atoms with E-state index in [1.54, 1.807) is 6.26 Å².